The van der Waals surface area contributed by atoms with E-state index in [1.807, 2.05) is 45.0 Å². The largest absolute Gasteiger partial charge is 0.490 e. The number of nitrogens with one attached hydrogen (secondary N) is 1. The van der Waals surface area contributed by atoms with Gasteiger partial charge in [0.05, 0.1) is 5.69 Å². The summed E-state index contributed by atoms with van der Waals surface area (Å²) in [7, 11) is 0. The molecular weight excluding hydrogens is 342 g/mol. The van der Waals surface area contributed by atoms with Gasteiger partial charge in [-0.1, -0.05) is 38.1 Å². The molecule has 3 N–H and O–H groups in total. The Kier molecular flexibility index (Phi) is 5.16. The third kappa shape index (κ3) is 3.52. The fraction of sp³-hybridized carbons (Fsp3) is 0.409. The van der Waals surface area contributed by atoms with Crippen LogP contribution in [0.4, 0.5) is 10.5 Å². The van der Waals surface area contributed by atoms with Crippen LogP contribution in [-0.2, 0) is 6.42 Å². The molecule has 2 unspecified atom stereocenters. The van der Waals surface area contributed by atoms with Gasteiger partial charge in [-0.05, 0) is 48.9 Å². The van der Waals surface area contributed by atoms with E-state index < -0.39 is 12.2 Å². The van der Waals surface area contributed by atoms with Gasteiger partial charge in [-0.15, -0.1) is 0 Å². The first-order valence-electron chi connectivity index (χ1n) is 9.31. The Morgan fingerprint density at radius 1 is 1.15 bits per heavy atom. The van der Waals surface area contributed by atoms with Gasteiger partial charge in [-0.3, -0.25) is 5.32 Å². The molecule has 0 aliphatic carbocycles. The van der Waals surface area contributed by atoms with Crippen LogP contribution in [0.15, 0.2) is 24.3 Å². The van der Waals surface area contributed by atoms with Crippen LogP contribution in [0, 0.1) is 13.8 Å². The molecule has 27 heavy (non-hydrogen) atoms. The summed E-state index contributed by atoms with van der Waals surface area (Å²) in [5.41, 5.74) is 5.66. The van der Waals surface area contributed by atoms with Gasteiger partial charge < -0.3 is 14.9 Å². The number of ether oxygens (including phenoxy) is 1. The van der Waals surface area contributed by atoms with Crippen molar-refractivity contribution in [2.24, 2.45) is 0 Å². The third-order valence-electron chi connectivity index (χ3n) is 5.36. The number of benzene rings is 2. The van der Waals surface area contributed by atoms with E-state index in [9.17, 15) is 15.0 Å². The fourth-order valence-electron chi connectivity index (χ4n) is 3.83. The average Bonchev–Trinajstić information content (AvgIpc) is 3.00. The maximum Gasteiger partial charge on any atom is 0.409 e. The SMILES string of the molecule is Cc1c2c(c(C(O)c3ccc(C(C)C)cc3)c(C)c1NC(=O)O)OC(C)C2. The number of carbonyl (C=O) groups is 1. The second kappa shape index (κ2) is 7.24. The van der Waals surface area contributed by atoms with Crippen molar-refractivity contribution in [3.05, 3.63) is 57.6 Å². The highest BCUT2D eigenvalue weighted by molar-refractivity contribution is 5.87. The molecule has 5 heteroatoms. The van der Waals surface area contributed by atoms with E-state index in [1.54, 1.807) is 0 Å². The molecule has 3 rings (SSSR count). The van der Waals surface area contributed by atoms with Gasteiger partial charge in [0, 0.05) is 17.5 Å². The summed E-state index contributed by atoms with van der Waals surface area (Å²) in [4.78, 5) is 11.3. The highest BCUT2D eigenvalue weighted by Gasteiger charge is 2.32. The highest BCUT2D eigenvalue weighted by Crippen LogP contribution is 2.45. The van der Waals surface area contributed by atoms with E-state index in [0.29, 0.717) is 34.9 Å². The van der Waals surface area contributed by atoms with Crippen molar-refractivity contribution in [1.82, 2.24) is 0 Å². The quantitative estimate of drug-likeness (QED) is 0.714. The van der Waals surface area contributed by atoms with Gasteiger partial charge in [0.25, 0.3) is 0 Å². The molecule has 0 saturated carbocycles. The number of hydrogen-bond donors (Lipinski definition) is 3. The van der Waals surface area contributed by atoms with Crippen LogP contribution in [0.25, 0.3) is 0 Å². The summed E-state index contributed by atoms with van der Waals surface area (Å²) in [6.07, 6.45) is -1.32. The second-order valence-electron chi connectivity index (χ2n) is 7.63. The van der Waals surface area contributed by atoms with E-state index in [2.05, 4.69) is 19.2 Å². The molecule has 2 aromatic rings. The first kappa shape index (κ1) is 19.2. The first-order chi connectivity index (χ1) is 12.7. The Hall–Kier alpha value is -2.53. The Bertz CT molecular complexity index is 871. The van der Waals surface area contributed by atoms with Crippen molar-refractivity contribution in [1.29, 1.82) is 0 Å². The number of rotatable bonds is 4. The van der Waals surface area contributed by atoms with E-state index in [-0.39, 0.29) is 6.10 Å². The predicted molar refractivity (Wildman–Crippen MR) is 106 cm³/mol. The summed E-state index contributed by atoms with van der Waals surface area (Å²) >= 11 is 0. The van der Waals surface area contributed by atoms with Gasteiger partial charge in [0.2, 0.25) is 0 Å². The molecule has 2 aromatic carbocycles. The maximum absolute atomic E-state index is 11.3. The lowest BCUT2D eigenvalue weighted by molar-refractivity contribution is 0.202. The highest BCUT2D eigenvalue weighted by atomic mass is 16.5. The van der Waals surface area contributed by atoms with Crippen LogP contribution < -0.4 is 10.1 Å². The van der Waals surface area contributed by atoms with Crippen LogP contribution in [0.5, 0.6) is 5.75 Å². The van der Waals surface area contributed by atoms with Gasteiger partial charge in [0.15, 0.2) is 0 Å². The smallest absolute Gasteiger partial charge is 0.409 e. The van der Waals surface area contributed by atoms with Crippen molar-refractivity contribution in [3.63, 3.8) is 0 Å². The van der Waals surface area contributed by atoms with E-state index in [0.717, 1.165) is 16.7 Å². The third-order valence-corrected chi connectivity index (χ3v) is 5.36. The fourth-order valence-corrected chi connectivity index (χ4v) is 3.83. The molecular formula is C22H27NO4. The Labute approximate surface area is 160 Å². The van der Waals surface area contributed by atoms with E-state index in [1.165, 1.54) is 5.56 Å². The van der Waals surface area contributed by atoms with Crippen molar-refractivity contribution < 1.29 is 19.7 Å². The maximum atomic E-state index is 11.3. The number of hydrogen-bond acceptors (Lipinski definition) is 3. The molecule has 5 nitrogen and oxygen atoms in total. The van der Waals surface area contributed by atoms with Crippen molar-refractivity contribution in [2.75, 3.05) is 5.32 Å². The minimum atomic E-state index is -1.12. The Morgan fingerprint density at radius 3 is 2.30 bits per heavy atom. The lowest BCUT2D eigenvalue weighted by atomic mass is 9.89. The molecule has 1 amide bonds. The van der Waals surface area contributed by atoms with Gasteiger partial charge in [-0.2, -0.15) is 0 Å². The Balaban J connectivity index is 2.13. The molecule has 0 spiro atoms. The average molecular weight is 369 g/mol. The zero-order chi connectivity index (χ0) is 19.9. The van der Waals surface area contributed by atoms with Crippen molar-refractivity contribution >= 4 is 11.8 Å². The summed E-state index contributed by atoms with van der Waals surface area (Å²) in [6, 6.07) is 7.89. The van der Waals surface area contributed by atoms with Gasteiger partial charge in [0.1, 0.15) is 18.0 Å². The molecule has 0 saturated heterocycles. The second-order valence-corrected chi connectivity index (χ2v) is 7.63. The van der Waals surface area contributed by atoms with Crippen LogP contribution in [0.3, 0.4) is 0 Å². The van der Waals surface area contributed by atoms with Crippen LogP contribution in [0.1, 0.15) is 66.2 Å². The monoisotopic (exact) mass is 369 g/mol. The molecule has 0 fully saturated rings. The molecule has 1 aliphatic rings. The number of aliphatic hydroxyl groups excluding tert-OH is 1. The number of aliphatic hydroxyl groups is 1. The minimum absolute atomic E-state index is 0.00700. The topological polar surface area (TPSA) is 78.8 Å². The number of amides is 1. The minimum Gasteiger partial charge on any atom is -0.490 e. The standard InChI is InChI=1S/C22H27NO4/c1-11(2)15-6-8-16(9-7-15)20(24)18-14(5)19(23-22(25)26)13(4)17-10-12(3)27-21(17)18/h6-9,11-12,20,23-24H,10H2,1-5H3,(H,25,26). The van der Waals surface area contributed by atoms with Gasteiger partial charge in [-0.25, -0.2) is 4.79 Å². The molecule has 1 aliphatic heterocycles. The van der Waals surface area contributed by atoms with E-state index in [4.69, 9.17) is 4.74 Å². The molecule has 0 aromatic heterocycles. The van der Waals surface area contributed by atoms with Crippen LogP contribution in [0.2, 0.25) is 0 Å². The van der Waals surface area contributed by atoms with Crippen LogP contribution in [-0.4, -0.2) is 22.4 Å². The van der Waals surface area contributed by atoms with Crippen molar-refractivity contribution in [2.45, 2.75) is 59.2 Å². The van der Waals surface area contributed by atoms with Crippen LogP contribution >= 0.6 is 0 Å². The lowest BCUT2D eigenvalue weighted by Gasteiger charge is -2.23. The molecule has 144 valence electrons. The Morgan fingerprint density at radius 2 is 1.74 bits per heavy atom. The number of fused-ring (bicyclic) bond motifs is 1. The normalized spacial score (nSPS) is 16.8. The summed E-state index contributed by atoms with van der Waals surface area (Å²) < 4.78 is 6.03. The zero-order valence-corrected chi connectivity index (χ0v) is 16.5. The lowest BCUT2D eigenvalue weighted by Crippen LogP contribution is -2.14. The molecule has 0 radical (unpaired) electrons. The summed E-state index contributed by atoms with van der Waals surface area (Å²) in [5.74, 6) is 1.10. The first-order valence-corrected chi connectivity index (χ1v) is 9.31. The number of carboxylic acid groups (broad SMARTS) is 1. The van der Waals surface area contributed by atoms with Crippen molar-refractivity contribution in [3.8, 4) is 5.75 Å². The summed E-state index contributed by atoms with van der Waals surface area (Å²) in [5, 5.41) is 22.9. The van der Waals surface area contributed by atoms with Gasteiger partial charge >= 0.3 is 6.09 Å². The molecule has 1 heterocycles. The molecule has 0 bridgehead atoms. The zero-order valence-electron chi connectivity index (χ0n) is 16.5. The summed E-state index contributed by atoms with van der Waals surface area (Å²) in [6.45, 7) is 9.95. The molecule has 2 atom stereocenters. The predicted octanol–water partition coefficient (Wildman–Crippen LogP) is 4.92. The van der Waals surface area contributed by atoms with E-state index >= 15 is 0 Å². The number of anilines is 1.